The molecule has 2 N–H and O–H groups in total. The smallest absolute Gasteiger partial charge is 0.322 e. The molecule has 1 heterocycles. The van der Waals surface area contributed by atoms with Crippen LogP contribution in [0.25, 0.3) is 0 Å². The molecule has 2 aromatic rings. The van der Waals surface area contributed by atoms with Gasteiger partial charge in [-0.15, -0.1) is 0 Å². The van der Waals surface area contributed by atoms with Gasteiger partial charge in [-0.3, -0.25) is 15.0 Å². The van der Waals surface area contributed by atoms with Crippen LogP contribution in [0, 0.1) is 0 Å². The maximum Gasteiger partial charge on any atom is 0.344 e. The number of amides is 4. The van der Waals surface area contributed by atoms with E-state index in [9.17, 15) is 22.8 Å². The van der Waals surface area contributed by atoms with Gasteiger partial charge < -0.3 is 5.32 Å². The number of hydrazine groups is 1. The van der Waals surface area contributed by atoms with Gasteiger partial charge in [0, 0.05) is 19.7 Å². The van der Waals surface area contributed by atoms with Crippen molar-refractivity contribution in [3.63, 3.8) is 0 Å². The van der Waals surface area contributed by atoms with Crippen LogP contribution in [0.5, 0.6) is 0 Å². The number of nitrogens with one attached hydrogen (secondary N) is 2. The lowest BCUT2D eigenvalue weighted by molar-refractivity contribution is -0.132. The maximum absolute atomic E-state index is 12.8. The summed E-state index contributed by atoms with van der Waals surface area (Å²) in [5.74, 6) is -1.27. The summed E-state index contributed by atoms with van der Waals surface area (Å²) in [4.78, 5) is 37.7. The molecule has 0 unspecified atom stereocenters. The van der Waals surface area contributed by atoms with Crippen LogP contribution in [0.4, 0.5) is 4.79 Å². The first kappa shape index (κ1) is 22.4. The van der Waals surface area contributed by atoms with Crippen molar-refractivity contribution >= 4 is 27.9 Å². The molecule has 1 atom stereocenters. The van der Waals surface area contributed by atoms with Crippen LogP contribution in [0.2, 0.25) is 0 Å². The Bertz CT molecular complexity index is 1100. The minimum atomic E-state index is -3.63. The van der Waals surface area contributed by atoms with E-state index in [1.54, 1.807) is 6.92 Å². The number of benzene rings is 2. The first-order valence-corrected chi connectivity index (χ1v) is 11.0. The van der Waals surface area contributed by atoms with Crippen LogP contribution in [-0.4, -0.2) is 55.2 Å². The Morgan fingerprint density at radius 2 is 1.68 bits per heavy atom. The summed E-state index contributed by atoms with van der Waals surface area (Å²) < 4.78 is 25.3. The lowest BCUT2D eigenvalue weighted by atomic mass is 9.93. The van der Waals surface area contributed by atoms with Gasteiger partial charge in [0.25, 0.3) is 11.8 Å². The van der Waals surface area contributed by atoms with E-state index in [4.69, 9.17) is 0 Å². The molecule has 0 aliphatic carbocycles. The maximum atomic E-state index is 12.8. The summed E-state index contributed by atoms with van der Waals surface area (Å²) in [6, 6.07) is 14.1. The second kappa shape index (κ2) is 8.48. The van der Waals surface area contributed by atoms with Gasteiger partial charge >= 0.3 is 6.03 Å². The van der Waals surface area contributed by atoms with E-state index in [0.29, 0.717) is 17.9 Å². The SMILES string of the molecule is CN(C)S(=O)(=O)c1ccc(C(=O)NN2C(=O)N[C@@](C)(CCc3ccccc3)C2=O)cc1. The number of nitrogens with zero attached hydrogens (tertiary/aromatic N) is 2. The van der Waals surface area contributed by atoms with Gasteiger partial charge in [-0.25, -0.2) is 17.5 Å². The Morgan fingerprint density at radius 3 is 2.26 bits per heavy atom. The first-order chi connectivity index (χ1) is 14.5. The van der Waals surface area contributed by atoms with Crippen LogP contribution in [0.15, 0.2) is 59.5 Å². The van der Waals surface area contributed by atoms with Gasteiger partial charge in [0.2, 0.25) is 10.0 Å². The fourth-order valence-corrected chi connectivity index (χ4v) is 4.05. The summed E-state index contributed by atoms with van der Waals surface area (Å²) in [5.41, 5.74) is 2.29. The van der Waals surface area contributed by atoms with E-state index in [0.717, 1.165) is 9.87 Å². The molecule has 2 aromatic carbocycles. The average Bonchev–Trinajstić information content (AvgIpc) is 2.96. The molecule has 164 valence electrons. The van der Waals surface area contributed by atoms with Crippen molar-refractivity contribution in [2.24, 2.45) is 0 Å². The van der Waals surface area contributed by atoms with E-state index in [1.807, 2.05) is 30.3 Å². The van der Waals surface area contributed by atoms with Crippen molar-refractivity contribution in [1.29, 1.82) is 0 Å². The van der Waals surface area contributed by atoms with Crippen molar-refractivity contribution in [1.82, 2.24) is 20.1 Å². The number of imide groups is 1. The number of aryl methyl sites for hydroxylation is 1. The number of carbonyl (C=O) groups is 3. The first-order valence-electron chi connectivity index (χ1n) is 9.59. The fraction of sp³-hybridized carbons (Fsp3) is 0.286. The van der Waals surface area contributed by atoms with Gasteiger partial charge in [0.1, 0.15) is 5.54 Å². The highest BCUT2D eigenvalue weighted by atomic mass is 32.2. The quantitative estimate of drug-likeness (QED) is 0.629. The predicted octanol–water partition coefficient (Wildman–Crippen LogP) is 1.52. The molecule has 3 rings (SSSR count). The molecule has 1 aliphatic heterocycles. The van der Waals surface area contributed by atoms with Crippen LogP contribution in [-0.2, 0) is 21.2 Å². The van der Waals surface area contributed by atoms with E-state index in [2.05, 4.69) is 10.7 Å². The minimum Gasteiger partial charge on any atom is -0.322 e. The average molecular weight is 445 g/mol. The molecule has 0 saturated carbocycles. The molecule has 0 radical (unpaired) electrons. The normalized spacial score (nSPS) is 18.9. The Balaban J connectivity index is 1.68. The molecule has 0 bridgehead atoms. The lowest BCUT2D eigenvalue weighted by Crippen LogP contribution is -2.48. The molecule has 9 nitrogen and oxygen atoms in total. The standard InChI is InChI=1S/C21H24N4O5S/c1-21(14-13-15-7-5-4-6-8-15)19(27)25(20(28)22-21)23-18(26)16-9-11-17(12-10-16)31(29,30)24(2)3/h4-12H,13-14H2,1-3H3,(H,22,28)(H,23,26)/t21-/m0/s1. The monoisotopic (exact) mass is 444 g/mol. The van der Waals surface area contributed by atoms with Crippen molar-refractivity contribution in [2.75, 3.05) is 14.1 Å². The zero-order valence-electron chi connectivity index (χ0n) is 17.5. The second-order valence-corrected chi connectivity index (χ2v) is 9.79. The van der Waals surface area contributed by atoms with Crippen molar-refractivity contribution in [3.8, 4) is 0 Å². The summed E-state index contributed by atoms with van der Waals surface area (Å²) in [5, 5.41) is 3.30. The highest BCUT2D eigenvalue weighted by Crippen LogP contribution is 2.22. The molecule has 31 heavy (non-hydrogen) atoms. The van der Waals surface area contributed by atoms with Crippen molar-refractivity contribution in [2.45, 2.75) is 30.2 Å². The number of urea groups is 1. The van der Waals surface area contributed by atoms with Gasteiger partial charge in [0.15, 0.2) is 0 Å². The third-order valence-electron chi connectivity index (χ3n) is 5.13. The van der Waals surface area contributed by atoms with E-state index in [-0.39, 0.29) is 10.5 Å². The van der Waals surface area contributed by atoms with Crippen molar-refractivity contribution in [3.05, 3.63) is 65.7 Å². The van der Waals surface area contributed by atoms with Gasteiger partial charge in [0.05, 0.1) is 4.90 Å². The summed E-state index contributed by atoms with van der Waals surface area (Å²) in [6.45, 7) is 1.61. The lowest BCUT2D eigenvalue weighted by Gasteiger charge is -2.21. The van der Waals surface area contributed by atoms with Gasteiger partial charge in [-0.2, -0.15) is 5.01 Å². The Labute approximate surface area is 181 Å². The summed E-state index contributed by atoms with van der Waals surface area (Å²) in [7, 11) is -0.821. The third kappa shape index (κ3) is 4.59. The van der Waals surface area contributed by atoms with E-state index >= 15 is 0 Å². The van der Waals surface area contributed by atoms with Crippen LogP contribution in [0.3, 0.4) is 0 Å². The molecule has 1 aliphatic rings. The van der Waals surface area contributed by atoms with Crippen LogP contribution < -0.4 is 10.7 Å². The molecule has 0 aromatic heterocycles. The van der Waals surface area contributed by atoms with Crippen molar-refractivity contribution < 1.29 is 22.8 Å². The zero-order chi connectivity index (χ0) is 22.8. The van der Waals surface area contributed by atoms with Crippen LogP contribution >= 0.6 is 0 Å². The van der Waals surface area contributed by atoms with Gasteiger partial charge in [-0.1, -0.05) is 30.3 Å². The minimum absolute atomic E-state index is 0.0255. The highest BCUT2D eigenvalue weighted by Gasteiger charge is 2.48. The van der Waals surface area contributed by atoms with Crippen LogP contribution in [0.1, 0.15) is 29.3 Å². The Morgan fingerprint density at radius 1 is 1.06 bits per heavy atom. The fourth-order valence-electron chi connectivity index (χ4n) is 3.15. The number of carbonyl (C=O) groups excluding carboxylic acids is 3. The third-order valence-corrected chi connectivity index (χ3v) is 6.96. The molecule has 1 fully saturated rings. The molecular formula is C21H24N4O5S. The number of hydrogen-bond acceptors (Lipinski definition) is 5. The Hall–Kier alpha value is -3.24. The molecular weight excluding hydrogens is 420 g/mol. The number of sulfonamides is 1. The molecule has 4 amide bonds. The van der Waals surface area contributed by atoms with E-state index < -0.39 is 33.4 Å². The molecule has 1 saturated heterocycles. The predicted molar refractivity (Wildman–Crippen MR) is 113 cm³/mol. The topological polar surface area (TPSA) is 116 Å². The number of hydrogen-bond donors (Lipinski definition) is 2. The molecule has 0 spiro atoms. The molecule has 10 heteroatoms. The highest BCUT2D eigenvalue weighted by molar-refractivity contribution is 7.89. The Kier molecular flexibility index (Phi) is 6.14. The van der Waals surface area contributed by atoms with E-state index in [1.165, 1.54) is 38.4 Å². The summed E-state index contributed by atoms with van der Waals surface area (Å²) >= 11 is 0. The second-order valence-electron chi connectivity index (χ2n) is 7.64. The largest absolute Gasteiger partial charge is 0.344 e. The van der Waals surface area contributed by atoms with Gasteiger partial charge in [-0.05, 0) is 49.6 Å². The number of rotatable bonds is 7. The summed E-state index contributed by atoms with van der Waals surface area (Å²) in [6.07, 6.45) is 0.942. The zero-order valence-corrected chi connectivity index (χ0v) is 18.3.